The van der Waals surface area contributed by atoms with E-state index in [-0.39, 0.29) is 16.8 Å². The number of carboxylic acids is 1. The molecule has 0 radical (unpaired) electrons. The fraction of sp³-hybridized carbons (Fsp3) is 0.273. The Bertz CT molecular complexity index is 517. The van der Waals surface area contributed by atoms with Gasteiger partial charge in [-0.2, -0.15) is 5.26 Å². The van der Waals surface area contributed by atoms with E-state index in [0.29, 0.717) is 12.0 Å². The molecule has 0 saturated heterocycles. The van der Waals surface area contributed by atoms with Crippen molar-refractivity contribution in [2.45, 2.75) is 19.8 Å². The molecule has 17 heavy (non-hydrogen) atoms. The van der Waals surface area contributed by atoms with Gasteiger partial charge in [-0.3, -0.25) is 14.9 Å². The van der Waals surface area contributed by atoms with Crippen molar-refractivity contribution < 1.29 is 14.8 Å². The highest BCUT2D eigenvalue weighted by molar-refractivity contribution is 5.74. The molecular formula is C11H10N2O4. The molecule has 0 aliphatic rings. The third kappa shape index (κ3) is 2.78. The van der Waals surface area contributed by atoms with Gasteiger partial charge in [-0.05, 0) is 18.1 Å². The number of aliphatic carboxylic acids is 1. The van der Waals surface area contributed by atoms with E-state index in [0.717, 1.165) is 0 Å². The summed E-state index contributed by atoms with van der Waals surface area (Å²) in [6.45, 7) is 1.80. The Morgan fingerprint density at radius 1 is 1.59 bits per heavy atom. The first kappa shape index (κ1) is 12.6. The Morgan fingerprint density at radius 2 is 2.24 bits per heavy atom. The minimum absolute atomic E-state index is 0.0396. The largest absolute Gasteiger partial charge is 0.481 e. The van der Waals surface area contributed by atoms with Crippen LogP contribution in [0.3, 0.4) is 0 Å². The lowest BCUT2D eigenvalue weighted by Gasteiger charge is -2.05. The van der Waals surface area contributed by atoms with Crippen LogP contribution in [0.2, 0.25) is 0 Å². The van der Waals surface area contributed by atoms with Crippen molar-refractivity contribution in [2.24, 2.45) is 0 Å². The van der Waals surface area contributed by atoms with Gasteiger partial charge in [0, 0.05) is 6.07 Å². The topological polar surface area (TPSA) is 104 Å². The Morgan fingerprint density at radius 3 is 2.65 bits per heavy atom. The van der Waals surface area contributed by atoms with Gasteiger partial charge in [0.25, 0.3) is 5.69 Å². The van der Waals surface area contributed by atoms with Crippen LogP contribution in [0.4, 0.5) is 5.69 Å². The predicted molar refractivity (Wildman–Crippen MR) is 58.5 cm³/mol. The number of nitriles is 1. The fourth-order valence-corrected chi connectivity index (χ4v) is 1.52. The number of aryl methyl sites for hydroxylation is 1. The van der Waals surface area contributed by atoms with Gasteiger partial charge in [0.15, 0.2) is 0 Å². The monoisotopic (exact) mass is 234 g/mol. The Kier molecular flexibility index (Phi) is 3.78. The molecule has 0 fully saturated rings. The highest BCUT2D eigenvalue weighted by Crippen LogP contribution is 2.25. The number of nitro benzene ring substituents is 1. The molecule has 88 valence electrons. The van der Waals surface area contributed by atoms with Crippen molar-refractivity contribution >= 4 is 11.7 Å². The minimum Gasteiger partial charge on any atom is -0.481 e. The first-order valence-corrected chi connectivity index (χ1v) is 4.91. The Balaban J connectivity index is 3.47. The molecule has 0 spiro atoms. The molecule has 0 saturated carbocycles. The summed E-state index contributed by atoms with van der Waals surface area (Å²) in [6, 6.07) is 4.61. The highest BCUT2D eigenvalue weighted by atomic mass is 16.6. The second-order valence-corrected chi connectivity index (χ2v) is 3.43. The minimum atomic E-state index is -1.20. The maximum Gasteiger partial charge on any atom is 0.308 e. The van der Waals surface area contributed by atoms with E-state index in [1.807, 2.05) is 0 Å². The van der Waals surface area contributed by atoms with Crippen LogP contribution in [-0.2, 0) is 17.6 Å². The number of rotatable bonds is 4. The van der Waals surface area contributed by atoms with Crippen LogP contribution in [-0.4, -0.2) is 16.0 Å². The molecule has 1 aromatic rings. The maximum atomic E-state index is 10.8. The summed E-state index contributed by atoms with van der Waals surface area (Å²) in [5, 5.41) is 28.4. The summed E-state index contributed by atoms with van der Waals surface area (Å²) >= 11 is 0. The van der Waals surface area contributed by atoms with Crippen LogP contribution in [0, 0.1) is 21.4 Å². The zero-order chi connectivity index (χ0) is 13.0. The molecule has 0 heterocycles. The van der Waals surface area contributed by atoms with Crippen molar-refractivity contribution in [3.63, 3.8) is 0 Å². The van der Waals surface area contributed by atoms with E-state index >= 15 is 0 Å². The van der Waals surface area contributed by atoms with Gasteiger partial charge in [0.2, 0.25) is 0 Å². The molecule has 0 bridgehead atoms. The van der Waals surface area contributed by atoms with E-state index in [1.54, 1.807) is 13.0 Å². The quantitative estimate of drug-likeness (QED) is 0.630. The third-order valence-electron chi connectivity index (χ3n) is 2.34. The molecule has 1 rings (SSSR count). The van der Waals surface area contributed by atoms with Gasteiger partial charge in [-0.15, -0.1) is 0 Å². The molecule has 0 aromatic heterocycles. The van der Waals surface area contributed by atoms with E-state index in [9.17, 15) is 14.9 Å². The standard InChI is InChI=1S/C11H10N2O4/c1-2-7-3-8(6-12)9(5-11(14)15)10(4-7)13(16)17/h3-4H,2,5H2,1H3,(H,14,15). The molecule has 0 atom stereocenters. The predicted octanol–water partition coefficient (Wildman–Crippen LogP) is 1.66. The number of hydrogen-bond donors (Lipinski definition) is 1. The van der Waals surface area contributed by atoms with Crippen molar-refractivity contribution in [1.82, 2.24) is 0 Å². The van der Waals surface area contributed by atoms with Gasteiger partial charge in [0.1, 0.15) is 0 Å². The average Bonchev–Trinajstić information content (AvgIpc) is 2.28. The molecule has 0 aliphatic heterocycles. The number of nitro groups is 1. The molecule has 0 unspecified atom stereocenters. The van der Waals surface area contributed by atoms with Gasteiger partial charge >= 0.3 is 5.97 Å². The average molecular weight is 234 g/mol. The summed E-state index contributed by atoms with van der Waals surface area (Å²) in [5.74, 6) is -1.20. The van der Waals surface area contributed by atoms with E-state index in [2.05, 4.69) is 0 Å². The lowest BCUT2D eigenvalue weighted by Crippen LogP contribution is -2.07. The van der Waals surface area contributed by atoms with Gasteiger partial charge in [0.05, 0.1) is 28.5 Å². The SMILES string of the molecule is CCc1cc(C#N)c(CC(=O)O)c([N+](=O)[O-])c1. The van der Waals surface area contributed by atoms with Crippen molar-refractivity contribution in [3.8, 4) is 6.07 Å². The number of benzene rings is 1. The number of hydrogen-bond acceptors (Lipinski definition) is 4. The van der Waals surface area contributed by atoms with Crippen LogP contribution < -0.4 is 0 Å². The lowest BCUT2D eigenvalue weighted by molar-refractivity contribution is -0.385. The van der Waals surface area contributed by atoms with E-state index in [1.165, 1.54) is 12.1 Å². The molecule has 6 heteroatoms. The molecule has 1 N–H and O–H groups in total. The van der Waals surface area contributed by atoms with Crippen LogP contribution in [0.15, 0.2) is 12.1 Å². The van der Waals surface area contributed by atoms with Crippen molar-refractivity contribution in [2.75, 3.05) is 0 Å². The van der Waals surface area contributed by atoms with Gasteiger partial charge < -0.3 is 5.11 Å². The second-order valence-electron chi connectivity index (χ2n) is 3.43. The van der Waals surface area contributed by atoms with Crippen LogP contribution in [0.1, 0.15) is 23.6 Å². The fourth-order valence-electron chi connectivity index (χ4n) is 1.52. The highest BCUT2D eigenvalue weighted by Gasteiger charge is 2.21. The maximum absolute atomic E-state index is 10.8. The zero-order valence-corrected chi connectivity index (χ0v) is 9.14. The third-order valence-corrected chi connectivity index (χ3v) is 2.34. The number of carboxylic acid groups (broad SMARTS) is 1. The molecule has 1 aromatic carbocycles. The molecule has 0 amide bonds. The van der Waals surface area contributed by atoms with Crippen molar-refractivity contribution in [1.29, 1.82) is 5.26 Å². The smallest absolute Gasteiger partial charge is 0.308 e. The van der Waals surface area contributed by atoms with Gasteiger partial charge in [-0.1, -0.05) is 6.92 Å². The van der Waals surface area contributed by atoms with Crippen LogP contribution in [0.25, 0.3) is 0 Å². The van der Waals surface area contributed by atoms with Crippen LogP contribution in [0.5, 0.6) is 0 Å². The molecule has 6 nitrogen and oxygen atoms in total. The first-order valence-electron chi connectivity index (χ1n) is 4.91. The summed E-state index contributed by atoms with van der Waals surface area (Å²) < 4.78 is 0. The molecular weight excluding hydrogens is 224 g/mol. The molecule has 0 aliphatic carbocycles. The van der Waals surface area contributed by atoms with E-state index < -0.39 is 17.3 Å². The normalized spacial score (nSPS) is 9.65. The zero-order valence-electron chi connectivity index (χ0n) is 9.14. The van der Waals surface area contributed by atoms with E-state index in [4.69, 9.17) is 10.4 Å². The van der Waals surface area contributed by atoms with Gasteiger partial charge in [-0.25, -0.2) is 0 Å². The number of carbonyl (C=O) groups is 1. The van der Waals surface area contributed by atoms with Crippen LogP contribution >= 0.6 is 0 Å². The Labute approximate surface area is 97.3 Å². The first-order chi connectivity index (χ1) is 7.99. The second kappa shape index (κ2) is 5.07. The summed E-state index contributed by atoms with van der Waals surface area (Å²) in [6.07, 6.45) is 0.0199. The summed E-state index contributed by atoms with van der Waals surface area (Å²) in [4.78, 5) is 20.8. The van der Waals surface area contributed by atoms with Crippen molar-refractivity contribution in [3.05, 3.63) is 38.9 Å². The summed E-state index contributed by atoms with van der Waals surface area (Å²) in [7, 11) is 0. The lowest BCUT2D eigenvalue weighted by atomic mass is 9.99. The number of nitrogens with zero attached hydrogens (tertiary/aromatic N) is 2. The summed E-state index contributed by atoms with van der Waals surface area (Å²) in [5.41, 5.74) is 0.353. The Hall–Kier alpha value is -2.42.